The molecule has 3 rings (SSSR count). The molecule has 1 amide bonds. The molecule has 0 aliphatic carbocycles. The zero-order chi connectivity index (χ0) is 19.3. The fraction of sp³-hybridized carbons (Fsp3) is 0.350. The summed E-state index contributed by atoms with van der Waals surface area (Å²) in [6.07, 6.45) is 2.81. The molecule has 1 fully saturated rings. The fourth-order valence-electron chi connectivity index (χ4n) is 3.08. The number of methoxy groups -OCH3 is 1. The van der Waals surface area contributed by atoms with E-state index < -0.39 is 10.0 Å². The van der Waals surface area contributed by atoms with Crippen LogP contribution in [0.25, 0.3) is 0 Å². The Kier molecular flexibility index (Phi) is 6.13. The van der Waals surface area contributed by atoms with Crippen molar-refractivity contribution in [1.82, 2.24) is 9.62 Å². The molecule has 0 radical (unpaired) electrons. The molecular weight excluding hydrogens is 364 g/mol. The Morgan fingerprint density at radius 2 is 1.78 bits per heavy atom. The van der Waals surface area contributed by atoms with Gasteiger partial charge in [0.25, 0.3) is 5.91 Å². The first-order valence-electron chi connectivity index (χ1n) is 9.02. The second kappa shape index (κ2) is 8.54. The largest absolute Gasteiger partial charge is 0.497 e. The Morgan fingerprint density at radius 1 is 1.07 bits per heavy atom. The molecular formula is C20H24N2O4S. The Labute approximate surface area is 160 Å². The summed E-state index contributed by atoms with van der Waals surface area (Å²) in [4.78, 5) is 12.6. The molecule has 6 nitrogen and oxygen atoms in total. The zero-order valence-corrected chi connectivity index (χ0v) is 16.2. The van der Waals surface area contributed by atoms with Crippen LogP contribution in [0.1, 0.15) is 35.2 Å². The van der Waals surface area contributed by atoms with E-state index in [9.17, 15) is 13.2 Å². The molecule has 0 atom stereocenters. The zero-order valence-electron chi connectivity index (χ0n) is 15.3. The van der Waals surface area contributed by atoms with E-state index >= 15 is 0 Å². The predicted octanol–water partition coefficient (Wildman–Crippen LogP) is 2.80. The molecule has 1 N–H and O–H groups in total. The minimum Gasteiger partial charge on any atom is -0.497 e. The van der Waals surface area contributed by atoms with Crippen molar-refractivity contribution >= 4 is 15.9 Å². The van der Waals surface area contributed by atoms with Gasteiger partial charge in [-0.1, -0.05) is 24.6 Å². The van der Waals surface area contributed by atoms with Gasteiger partial charge in [-0.2, -0.15) is 4.31 Å². The molecule has 27 heavy (non-hydrogen) atoms. The van der Waals surface area contributed by atoms with Crippen molar-refractivity contribution in [3.05, 3.63) is 59.7 Å². The third kappa shape index (κ3) is 4.67. The Bertz CT molecular complexity index is 888. The minimum atomic E-state index is -3.55. The van der Waals surface area contributed by atoms with Crippen LogP contribution in [0.5, 0.6) is 5.75 Å². The number of sulfonamides is 1. The highest BCUT2D eigenvalue weighted by Gasteiger charge is 2.26. The van der Waals surface area contributed by atoms with Gasteiger partial charge in [0, 0.05) is 25.2 Å². The maximum Gasteiger partial charge on any atom is 0.251 e. The molecule has 0 aromatic heterocycles. The normalized spacial score (nSPS) is 15.3. The molecule has 0 bridgehead atoms. The third-order valence-electron chi connectivity index (χ3n) is 4.66. The van der Waals surface area contributed by atoms with E-state index in [-0.39, 0.29) is 10.8 Å². The third-order valence-corrected chi connectivity index (χ3v) is 6.56. The lowest BCUT2D eigenvalue weighted by molar-refractivity contribution is 0.0950. The number of carbonyl (C=O) groups is 1. The van der Waals surface area contributed by atoms with E-state index in [0.717, 1.165) is 30.6 Å². The number of nitrogens with one attached hydrogen (secondary N) is 1. The van der Waals surface area contributed by atoms with Crippen molar-refractivity contribution in [2.45, 2.75) is 30.7 Å². The number of carbonyl (C=O) groups excluding carboxylic acids is 1. The lowest BCUT2D eigenvalue weighted by Gasteiger charge is -2.26. The molecule has 1 heterocycles. The highest BCUT2D eigenvalue weighted by atomic mass is 32.2. The Balaban J connectivity index is 1.69. The van der Waals surface area contributed by atoms with Gasteiger partial charge in [0.15, 0.2) is 0 Å². The monoisotopic (exact) mass is 388 g/mol. The van der Waals surface area contributed by atoms with Gasteiger partial charge in [0.05, 0.1) is 12.0 Å². The fourth-order valence-corrected chi connectivity index (χ4v) is 4.64. The van der Waals surface area contributed by atoms with Crippen molar-refractivity contribution in [3.63, 3.8) is 0 Å². The molecule has 144 valence electrons. The van der Waals surface area contributed by atoms with Crippen LogP contribution in [0.15, 0.2) is 53.4 Å². The topological polar surface area (TPSA) is 75.7 Å². The van der Waals surface area contributed by atoms with Crippen LogP contribution in [0, 0.1) is 0 Å². The minimum absolute atomic E-state index is 0.168. The predicted molar refractivity (Wildman–Crippen MR) is 103 cm³/mol. The van der Waals surface area contributed by atoms with E-state index in [0.29, 0.717) is 25.2 Å². The Hall–Kier alpha value is -2.38. The lowest BCUT2D eigenvalue weighted by Crippen LogP contribution is -2.35. The number of amides is 1. The highest BCUT2D eigenvalue weighted by Crippen LogP contribution is 2.21. The smallest absolute Gasteiger partial charge is 0.251 e. The number of hydrogen-bond acceptors (Lipinski definition) is 4. The average molecular weight is 388 g/mol. The molecule has 1 aliphatic rings. The average Bonchev–Trinajstić information content (AvgIpc) is 2.73. The molecule has 1 saturated heterocycles. The number of nitrogens with zero attached hydrogens (tertiary/aromatic N) is 1. The van der Waals surface area contributed by atoms with E-state index in [1.54, 1.807) is 25.3 Å². The quantitative estimate of drug-likeness (QED) is 0.826. The summed E-state index contributed by atoms with van der Waals surface area (Å²) >= 11 is 0. The standard InChI is InChI=1S/C20H24N2O4S/c1-26-18-10-8-16(9-11-18)15-21-20(23)17-6-5-7-19(14-17)27(24,25)22-12-3-2-4-13-22/h5-11,14H,2-4,12-13,15H2,1H3,(H,21,23). The van der Waals surface area contributed by atoms with Crippen LogP contribution in [-0.2, 0) is 16.6 Å². The number of benzene rings is 2. The van der Waals surface area contributed by atoms with Crippen molar-refractivity contribution < 1.29 is 17.9 Å². The van der Waals surface area contributed by atoms with Gasteiger partial charge in [0.2, 0.25) is 10.0 Å². The molecule has 2 aromatic carbocycles. The van der Waals surface area contributed by atoms with E-state index in [2.05, 4.69) is 5.32 Å². The second-order valence-corrected chi connectivity index (χ2v) is 8.46. The van der Waals surface area contributed by atoms with Crippen LogP contribution in [0.4, 0.5) is 0 Å². The van der Waals surface area contributed by atoms with Crippen molar-refractivity contribution in [2.24, 2.45) is 0 Å². The van der Waals surface area contributed by atoms with Gasteiger partial charge >= 0.3 is 0 Å². The molecule has 0 spiro atoms. The number of hydrogen-bond donors (Lipinski definition) is 1. The van der Waals surface area contributed by atoms with Gasteiger partial charge < -0.3 is 10.1 Å². The van der Waals surface area contributed by atoms with Crippen molar-refractivity contribution in [2.75, 3.05) is 20.2 Å². The van der Waals surface area contributed by atoms with Crippen LogP contribution >= 0.6 is 0 Å². The molecule has 0 saturated carbocycles. The highest BCUT2D eigenvalue weighted by molar-refractivity contribution is 7.89. The first-order valence-corrected chi connectivity index (χ1v) is 10.5. The van der Waals surface area contributed by atoms with Gasteiger partial charge in [-0.05, 0) is 48.7 Å². The summed E-state index contributed by atoms with van der Waals surface area (Å²) in [6.45, 7) is 1.43. The maximum absolute atomic E-state index is 12.8. The molecule has 7 heteroatoms. The van der Waals surface area contributed by atoms with Crippen LogP contribution in [0.2, 0.25) is 0 Å². The molecule has 2 aromatic rings. The van der Waals surface area contributed by atoms with Crippen LogP contribution in [0.3, 0.4) is 0 Å². The van der Waals surface area contributed by atoms with Gasteiger partial charge in [-0.3, -0.25) is 4.79 Å². The van der Waals surface area contributed by atoms with E-state index in [4.69, 9.17) is 4.74 Å². The van der Waals surface area contributed by atoms with Crippen molar-refractivity contribution in [1.29, 1.82) is 0 Å². The van der Waals surface area contributed by atoms with E-state index in [1.807, 2.05) is 24.3 Å². The van der Waals surface area contributed by atoms with Crippen LogP contribution in [-0.4, -0.2) is 38.8 Å². The van der Waals surface area contributed by atoms with Gasteiger partial charge in [-0.15, -0.1) is 0 Å². The first-order chi connectivity index (χ1) is 13.0. The van der Waals surface area contributed by atoms with Crippen LogP contribution < -0.4 is 10.1 Å². The number of piperidine rings is 1. The summed E-state index contributed by atoms with van der Waals surface area (Å²) in [5, 5.41) is 2.82. The molecule has 1 aliphatic heterocycles. The summed E-state index contributed by atoms with van der Waals surface area (Å²) in [7, 11) is -1.95. The number of rotatable bonds is 6. The second-order valence-electron chi connectivity index (χ2n) is 6.52. The van der Waals surface area contributed by atoms with Gasteiger partial charge in [0.1, 0.15) is 5.75 Å². The number of ether oxygens (including phenoxy) is 1. The summed E-state index contributed by atoms with van der Waals surface area (Å²) < 4.78 is 32.2. The van der Waals surface area contributed by atoms with Crippen molar-refractivity contribution in [3.8, 4) is 5.75 Å². The Morgan fingerprint density at radius 3 is 2.44 bits per heavy atom. The maximum atomic E-state index is 12.8. The summed E-state index contributed by atoms with van der Waals surface area (Å²) in [5.41, 5.74) is 1.27. The summed E-state index contributed by atoms with van der Waals surface area (Å²) in [6, 6.07) is 13.6. The molecule has 0 unspecified atom stereocenters. The first kappa shape index (κ1) is 19.4. The van der Waals surface area contributed by atoms with Gasteiger partial charge in [-0.25, -0.2) is 8.42 Å². The lowest BCUT2D eigenvalue weighted by atomic mass is 10.2. The van der Waals surface area contributed by atoms with E-state index in [1.165, 1.54) is 10.4 Å². The SMILES string of the molecule is COc1ccc(CNC(=O)c2cccc(S(=O)(=O)N3CCCCC3)c2)cc1. The summed E-state index contributed by atoms with van der Waals surface area (Å²) in [5.74, 6) is 0.446.